The van der Waals surface area contributed by atoms with Gasteiger partial charge in [0, 0.05) is 12.6 Å². The average molecular weight is 194 g/mol. The SMILES string of the molecule is CNCC1CC2(CC=CCC2)C(=O)N1. The van der Waals surface area contributed by atoms with Crippen LogP contribution < -0.4 is 10.6 Å². The highest BCUT2D eigenvalue weighted by Crippen LogP contribution is 2.40. The lowest BCUT2D eigenvalue weighted by Gasteiger charge is -2.27. The molecule has 0 aromatic carbocycles. The molecule has 0 bridgehead atoms. The summed E-state index contributed by atoms with van der Waals surface area (Å²) in [4.78, 5) is 11.9. The van der Waals surface area contributed by atoms with Crippen LogP contribution in [-0.4, -0.2) is 25.5 Å². The summed E-state index contributed by atoms with van der Waals surface area (Å²) < 4.78 is 0. The first-order valence-corrected chi connectivity index (χ1v) is 5.37. The Labute approximate surface area is 84.9 Å². The predicted octanol–water partition coefficient (Wildman–Crippen LogP) is 0.821. The number of likely N-dealkylation sites (N-methyl/N-ethyl adjacent to an activating group) is 1. The second-order valence-corrected chi connectivity index (χ2v) is 4.43. The van der Waals surface area contributed by atoms with Crippen molar-refractivity contribution in [2.75, 3.05) is 13.6 Å². The van der Waals surface area contributed by atoms with E-state index >= 15 is 0 Å². The molecule has 3 nitrogen and oxygen atoms in total. The van der Waals surface area contributed by atoms with E-state index in [1.54, 1.807) is 0 Å². The molecule has 2 atom stereocenters. The number of hydrogen-bond donors (Lipinski definition) is 2. The molecule has 2 rings (SSSR count). The van der Waals surface area contributed by atoms with Gasteiger partial charge in [-0.15, -0.1) is 0 Å². The number of hydrogen-bond acceptors (Lipinski definition) is 2. The van der Waals surface area contributed by atoms with Crippen LogP contribution in [0.5, 0.6) is 0 Å². The van der Waals surface area contributed by atoms with Crippen molar-refractivity contribution in [3.05, 3.63) is 12.2 Å². The molecule has 0 aromatic heterocycles. The maximum atomic E-state index is 11.9. The Bertz CT molecular complexity index is 262. The third-order valence-corrected chi connectivity index (χ3v) is 3.37. The molecule has 1 aliphatic heterocycles. The Morgan fingerprint density at radius 1 is 1.64 bits per heavy atom. The van der Waals surface area contributed by atoms with Crippen molar-refractivity contribution in [2.45, 2.75) is 31.7 Å². The van der Waals surface area contributed by atoms with Gasteiger partial charge in [0.15, 0.2) is 0 Å². The van der Waals surface area contributed by atoms with Crippen molar-refractivity contribution in [3.8, 4) is 0 Å². The molecule has 1 amide bonds. The number of rotatable bonds is 2. The molecule has 2 unspecified atom stereocenters. The van der Waals surface area contributed by atoms with Gasteiger partial charge in [-0.25, -0.2) is 0 Å². The normalized spacial score (nSPS) is 36.4. The van der Waals surface area contributed by atoms with Crippen LogP contribution in [0.25, 0.3) is 0 Å². The van der Waals surface area contributed by atoms with Crippen LogP contribution in [0.3, 0.4) is 0 Å². The van der Waals surface area contributed by atoms with Crippen molar-refractivity contribution in [2.24, 2.45) is 5.41 Å². The molecule has 1 aliphatic carbocycles. The number of carbonyl (C=O) groups excluding carboxylic acids is 1. The molecule has 78 valence electrons. The molecular weight excluding hydrogens is 176 g/mol. The Morgan fingerprint density at radius 2 is 2.50 bits per heavy atom. The summed E-state index contributed by atoms with van der Waals surface area (Å²) in [5, 5.41) is 6.20. The zero-order valence-electron chi connectivity index (χ0n) is 8.68. The van der Waals surface area contributed by atoms with Gasteiger partial charge in [0.05, 0.1) is 5.41 Å². The minimum Gasteiger partial charge on any atom is -0.352 e. The number of allylic oxidation sites excluding steroid dienone is 2. The van der Waals surface area contributed by atoms with E-state index in [0.29, 0.717) is 6.04 Å². The Morgan fingerprint density at radius 3 is 3.14 bits per heavy atom. The topological polar surface area (TPSA) is 41.1 Å². The van der Waals surface area contributed by atoms with E-state index in [9.17, 15) is 4.79 Å². The van der Waals surface area contributed by atoms with Crippen LogP contribution in [0.15, 0.2) is 12.2 Å². The van der Waals surface area contributed by atoms with Gasteiger partial charge in [0.25, 0.3) is 0 Å². The first-order chi connectivity index (χ1) is 6.77. The van der Waals surface area contributed by atoms with Gasteiger partial charge in [-0.3, -0.25) is 4.79 Å². The molecule has 2 aliphatic rings. The lowest BCUT2D eigenvalue weighted by molar-refractivity contribution is -0.128. The predicted molar refractivity (Wildman–Crippen MR) is 55.9 cm³/mol. The van der Waals surface area contributed by atoms with Crippen LogP contribution in [0.4, 0.5) is 0 Å². The molecule has 0 radical (unpaired) electrons. The fourth-order valence-electron chi connectivity index (χ4n) is 2.60. The smallest absolute Gasteiger partial charge is 0.226 e. The minimum absolute atomic E-state index is 0.0731. The lowest BCUT2D eigenvalue weighted by atomic mass is 9.75. The summed E-state index contributed by atoms with van der Waals surface area (Å²) in [5.41, 5.74) is -0.0731. The first-order valence-electron chi connectivity index (χ1n) is 5.37. The molecule has 1 saturated heterocycles. The van der Waals surface area contributed by atoms with Gasteiger partial charge in [-0.05, 0) is 32.7 Å². The zero-order valence-corrected chi connectivity index (χ0v) is 8.68. The van der Waals surface area contributed by atoms with Crippen molar-refractivity contribution in [1.82, 2.24) is 10.6 Å². The molecule has 0 saturated carbocycles. The van der Waals surface area contributed by atoms with E-state index in [4.69, 9.17) is 0 Å². The van der Waals surface area contributed by atoms with Gasteiger partial charge in [0.2, 0.25) is 5.91 Å². The second-order valence-electron chi connectivity index (χ2n) is 4.43. The van der Waals surface area contributed by atoms with Gasteiger partial charge in [-0.2, -0.15) is 0 Å². The molecule has 1 spiro atoms. The van der Waals surface area contributed by atoms with Gasteiger partial charge in [0.1, 0.15) is 0 Å². The van der Waals surface area contributed by atoms with Gasteiger partial charge >= 0.3 is 0 Å². The highest BCUT2D eigenvalue weighted by molar-refractivity contribution is 5.85. The Balaban J connectivity index is 2.06. The third-order valence-electron chi connectivity index (χ3n) is 3.37. The molecule has 0 aromatic rings. The summed E-state index contributed by atoms with van der Waals surface area (Å²) >= 11 is 0. The average Bonchev–Trinajstić information content (AvgIpc) is 2.45. The highest BCUT2D eigenvalue weighted by Gasteiger charge is 2.45. The Hall–Kier alpha value is -0.830. The summed E-state index contributed by atoms with van der Waals surface area (Å²) in [6.07, 6.45) is 8.35. The largest absolute Gasteiger partial charge is 0.352 e. The number of amides is 1. The second kappa shape index (κ2) is 3.73. The summed E-state index contributed by atoms with van der Waals surface area (Å²) in [7, 11) is 1.93. The van der Waals surface area contributed by atoms with Crippen molar-refractivity contribution in [3.63, 3.8) is 0 Å². The maximum absolute atomic E-state index is 11.9. The molecule has 1 fully saturated rings. The van der Waals surface area contributed by atoms with Crippen LogP contribution in [0.2, 0.25) is 0 Å². The minimum atomic E-state index is -0.0731. The first kappa shape index (κ1) is 9.71. The van der Waals surface area contributed by atoms with E-state index in [1.165, 1.54) is 0 Å². The van der Waals surface area contributed by atoms with E-state index in [2.05, 4.69) is 22.8 Å². The van der Waals surface area contributed by atoms with Gasteiger partial charge < -0.3 is 10.6 Å². The Kier molecular flexibility index (Phi) is 2.59. The van der Waals surface area contributed by atoms with Crippen LogP contribution >= 0.6 is 0 Å². The maximum Gasteiger partial charge on any atom is 0.226 e. The van der Waals surface area contributed by atoms with E-state index in [0.717, 1.165) is 32.2 Å². The number of carbonyl (C=O) groups is 1. The third kappa shape index (κ3) is 1.57. The number of nitrogens with one attached hydrogen (secondary N) is 2. The monoisotopic (exact) mass is 194 g/mol. The standard InChI is InChI=1S/C11H18N2O/c1-12-8-9-7-11(10(14)13-9)5-3-2-4-6-11/h2-3,9,12H,4-8H2,1H3,(H,13,14). The zero-order chi connectivity index (χ0) is 10.0. The van der Waals surface area contributed by atoms with Crippen LogP contribution in [0.1, 0.15) is 25.7 Å². The van der Waals surface area contributed by atoms with Gasteiger partial charge in [-0.1, -0.05) is 12.2 Å². The highest BCUT2D eigenvalue weighted by atomic mass is 16.2. The molecule has 14 heavy (non-hydrogen) atoms. The van der Waals surface area contributed by atoms with Crippen molar-refractivity contribution in [1.29, 1.82) is 0 Å². The van der Waals surface area contributed by atoms with E-state index < -0.39 is 0 Å². The molecule has 2 N–H and O–H groups in total. The molecule has 1 heterocycles. The summed E-state index contributed by atoms with van der Waals surface area (Å²) in [5.74, 6) is 0.266. The lowest BCUT2D eigenvalue weighted by Crippen LogP contribution is -2.35. The fraction of sp³-hybridized carbons (Fsp3) is 0.727. The van der Waals surface area contributed by atoms with E-state index in [-0.39, 0.29) is 11.3 Å². The van der Waals surface area contributed by atoms with Crippen molar-refractivity contribution >= 4 is 5.91 Å². The summed E-state index contributed by atoms with van der Waals surface area (Å²) in [6, 6.07) is 0.332. The fourth-order valence-corrected chi connectivity index (χ4v) is 2.60. The quantitative estimate of drug-likeness (QED) is 0.639. The van der Waals surface area contributed by atoms with Crippen molar-refractivity contribution < 1.29 is 4.79 Å². The molecule has 3 heteroatoms. The van der Waals surface area contributed by atoms with Crippen LogP contribution in [-0.2, 0) is 4.79 Å². The summed E-state index contributed by atoms with van der Waals surface area (Å²) in [6.45, 7) is 0.886. The molecular formula is C11H18N2O. The van der Waals surface area contributed by atoms with E-state index in [1.807, 2.05) is 7.05 Å². The van der Waals surface area contributed by atoms with Crippen LogP contribution in [0, 0.1) is 5.41 Å².